The van der Waals surface area contributed by atoms with Gasteiger partial charge in [0.25, 0.3) is 0 Å². The van der Waals surface area contributed by atoms with Crippen LogP contribution in [-0.4, -0.2) is 18.1 Å². The van der Waals surface area contributed by atoms with Crippen LogP contribution in [0.25, 0.3) is 10.9 Å². The van der Waals surface area contributed by atoms with Gasteiger partial charge in [0, 0.05) is 22.7 Å². The molecule has 1 aromatic carbocycles. The standard InChI is InChI=1S/C15H16F3N3.ClH/c16-15(17,18)11-2-3-12(19)10-1-4-13(21-14(10)11)9-5-7-20-8-6-9;/h1-4,9,20H,5-8,19H2;1H. The van der Waals surface area contributed by atoms with Gasteiger partial charge >= 0.3 is 6.18 Å². The zero-order valence-electron chi connectivity index (χ0n) is 11.8. The van der Waals surface area contributed by atoms with E-state index >= 15 is 0 Å². The molecule has 0 radical (unpaired) electrons. The third-order valence-corrected chi connectivity index (χ3v) is 3.98. The van der Waals surface area contributed by atoms with Crippen molar-refractivity contribution in [1.82, 2.24) is 10.3 Å². The van der Waals surface area contributed by atoms with Crippen molar-refractivity contribution >= 4 is 29.0 Å². The van der Waals surface area contributed by atoms with Crippen LogP contribution in [0.5, 0.6) is 0 Å². The molecule has 2 heterocycles. The predicted octanol–water partition coefficient (Wildman–Crippen LogP) is 3.72. The van der Waals surface area contributed by atoms with Gasteiger partial charge in [0.05, 0.1) is 11.1 Å². The minimum absolute atomic E-state index is 0. The number of hydrogen-bond acceptors (Lipinski definition) is 3. The zero-order valence-corrected chi connectivity index (χ0v) is 12.6. The van der Waals surface area contributed by atoms with Gasteiger partial charge in [-0.25, -0.2) is 0 Å². The Morgan fingerprint density at radius 2 is 1.77 bits per heavy atom. The Morgan fingerprint density at radius 1 is 1.09 bits per heavy atom. The van der Waals surface area contributed by atoms with E-state index in [9.17, 15) is 13.2 Å². The molecule has 3 nitrogen and oxygen atoms in total. The molecule has 3 N–H and O–H groups in total. The van der Waals surface area contributed by atoms with Crippen LogP contribution in [0.1, 0.15) is 30.0 Å². The predicted molar refractivity (Wildman–Crippen MR) is 83.3 cm³/mol. The first-order chi connectivity index (χ1) is 9.97. The van der Waals surface area contributed by atoms with E-state index in [1.165, 1.54) is 6.07 Å². The molecule has 1 aliphatic heterocycles. The number of anilines is 1. The second-order valence-corrected chi connectivity index (χ2v) is 5.36. The molecular formula is C15H17ClF3N3. The molecule has 1 fully saturated rings. The lowest BCUT2D eigenvalue weighted by Crippen LogP contribution is -2.27. The van der Waals surface area contributed by atoms with Gasteiger partial charge in [-0.15, -0.1) is 12.4 Å². The van der Waals surface area contributed by atoms with Crippen LogP contribution in [-0.2, 0) is 6.18 Å². The first-order valence-electron chi connectivity index (χ1n) is 6.94. The van der Waals surface area contributed by atoms with Crippen LogP contribution in [0.4, 0.5) is 18.9 Å². The number of hydrogen-bond donors (Lipinski definition) is 2. The monoisotopic (exact) mass is 331 g/mol. The van der Waals surface area contributed by atoms with Crippen LogP contribution in [0.3, 0.4) is 0 Å². The third-order valence-electron chi connectivity index (χ3n) is 3.98. The van der Waals surface area contributed by atoms with E-state index in [0.29, 0.717) is 11.1 Å². The first-order valence-corrected chi connectivity index (χ1v) is 6.94. The van der Waals surface area contributed by atoms with E-state index in [4.69, 9.17) is 5.73 Å². The molecule has 7 heteroatoms. The maximum atomic E-state index is 13.1. The Balaban J connectivity index is 0.00000176. The highest BCUT2D eigenvalue weighted by Crippen LogP contribution is 2.37. The number of nitrogen functional groups attached to an aromatic ring is 1. The van der Waals surface area contributed by atoms with Crippen molar-refractivity contribution in [3.8, 4) is 0 Å². The molecule has 0 spiro atoms. The average Bonchev–Trinajstić information content (AvgIpc) is 2.47. The summed E-state index contributed by atoms with van der Waals surface area (Å²) in [5.41, 5.74) is 6.06. The molecule has 1 aliphatic rings. The molecule has 1 aromatic heterocycles. The molecule has 1 saturated heterocycles. The highest BCUT2D eigenvalue weighted by atomic mass is 35.5. The molecule has 2 aromatic rings. The fourth-order valence-electron chi connectivity index (χ4n) is 2.83. The smallest absolute Gasteiger partial charge is 0.398 e. The number of alkyl halides is 3. The second-order valence-electron chi connectivity index (χ2n) is 5.36. The summed E-state index contributed by atoms with van der Waals surface area (Å²) in [5, 5.41) is 3.60. The minimum atomic E-state index is -4.42. The lowest BCUT2D eigenvalue weighted by molar-refractivity contribution is -0.136. The number of aromatic nitrogens is 1. The van der Waals surface area contributed by atoms with Crippen LogP contribution in [0.2, 0.25) is 0 Å². The van der Waals surface area contributed by atoms with Gasteiger partial charge in [-0.3, -0.25) is 4.98 Å². The van der Waals surface area contributed by atoms with Gasteiger partial charge < -0.3 is 11.1 Å². The van der Waals surface area contributed by atoms with Gasteiger partial charge in [0.15, 0.2) is 0 Å². The van der Waals surface area contributed by atoms with Crippen LogP contribution < -0.4 is 11.1 Å². The summed E-state index contributed by atoms with van der Waals surface area (Å²) in [6.07, 6.45) is -2.64. The van der Waals surface area contributed by atoms with Crippen molar-refractivity contribution in [2.45, 2.75) is 24.9 Å². The van der Waals surface area contributed by atoms with Crippen LogP contribution in [0.15, 0.2) is 24.3 Å². The Morgan fingerprint density at radius 3 is 2.41 bits per heavy atom. The zero-order chi connectivity index (χ0) is 15.0. The van der Waals surface area contributed by atoms with Crippen molar-refractivity contribution in [3.05, 3.63) is 35.5 Å². The summed E-state index contributed by atoms with van der Waals surface area (Å²) in [6.45, 7) is 1.74. The summed E-state index contributed by atoms with van der Waals surface area (Å²) >= 11 is 0. The molecular weight excluding hydrogens is 315 g/mol. The van der Waals surface area contributed by atoms with Gasteiger partial charge in [0.2, 0.25) is 0 Å². The molecule has 3 rings (SSSR count). The van der Waals surface area contributed by atoms with Gasteiger partial charge in [0.1, 0.15) is 0 Å². The van der Waals surface area contributed by atoms with Crippen molar-refractivity contribution in [1.29, 1.82) is 0 Å². The van der Waals surface area contributed by atoms with Crippen LogP contribution in [0, 0.1) is 0 Å². The number of halogens is 4. The number of nitrogens with two attached hydrogens (primary N) is 1. The Labute approximate surface area is 132 Å². The van der Waals surface area contributed by atoms with Crippen LogP contribution >= 0.6 is 12.4 Å². The number of fused-ring (bicyclic) bond motifs is 1. The molecule has 0 unspecified atom stereocenters. The van der Waals surface area contributed by atoms with Gasteiger partial charge in [-0.2, -0.15) is 13.2 Å². The highest BCUT2D eigenvalue weighted by Gasteiger charge is 2.34. The van der Waals surface area contributed by atoms with E-state index in [1.807, 2.05) is 0 Å². The number of rotatable bonds is 1. The first kappa shape index (κ1) is 16.8. The number of nitrogens with one attached hydrogen (secondary N) is 1. The third kappa shape index (κ3) is 3.13. The number of piperidine rings is 1. The average molecular weight is 332 g/mol. The van der Waals surface area contributed by atoms with E-state index in [0.717, 1.165) is 37.7 Å². The number of pyridine rings is 1. The van der Waals surface area contributed by atoms with E-state index < -0.39 is 11.7 Å². The Hall–Kier alpha value is -1.53. The van der Waals surface area contributed by atoms with Crippen molar-refractivity contribution in [2.75, 3.05) is 18.8 Å². The topological polar surface area (TPSA) is 50.9 Å². The molecule has 0 saturated carbocycles. The lowest BCUT2D eigenvalue weighted by Gasteiger charge is -2.23. The van der Waals surface area contributed by atoms with E-state index in [1.54, 1.807) is 12.1 Å². The lowest BCUT2D eigenvalue weighted by atomic mass is 9.93. The molecule has 0 bridgehead atoms. The summed E-state index contributed by atoms with van der Waals surface area (Å²) in [7, 11) is 0. The minimum Gasteiger partial charge on any atom is -0.398 e. The maximum absolute atomic E-state index is 13.1. The molecule has 0 amide bonds. The largest absolute Gasteiger partial charge is 0.418 e. The molecule has 22 heavy (non-hydrogen) atoms. The Bertz CT molecular complexity index is 667. The number of nitrogens with zero attached hydrogens (tertiary/aromatic N) is 1. The molecule has 120 valence electrons. The van der Waals surface area contributed by atoms with E-state index in [2.05, 4.69) is 10.3 Å². The SMILES string of the molecule is Cl.Nc1ccc(C(F)(F)F)c2nc(C3CCNCC3)ccc12. The van der Waals surface area contributed by atoms with Gasteiger partial charge in [-0.1, -0.05) is 0 Å². The van der Waals surface area contributed by atoms with Crippen molar-refractivity contribution < 1.29 is 13.2 Å². The van der Waals surface area contributed by atoms with Gasteiger partial charge in [-0.05, 0) is 50.2 Å². The van der Waals surface area contributed by atoms with E-state index in [-0.39, 0.29) is 23.8 Å². The normalized spacial score (nSPS) is 16.5. The summed E-state index contributed by atoms with van der Waals surface area (Å²) in [6, 6.07) is 5.76. The fourth-order valence-corrected chi connectivity index (χ4v) is 2.83. The summed E-state index contributed by atoms with van der Waals surface area (Å²) < 4.78 is 39.4. The highest BCUT2D eigenvalue weighted by molar-refractivity contribution is 5.92. The molecule has 0 atom stereocenters. The number of benzene rings is 1. The summed E-state index contributed by atoms with van der Waals surface area (Å²) in [4.78, 5) is 4.30. The van der Waals surface area contributed by atoms with Crippen molar-refractivity contribution in [2.24, 2.45) is 0 Å². The second kappa shape index (κ2) is 6.30. The summed E-state index contributed by atoms with van der Waals surface area (Å²) in [5.74, 6) is 0.207. The maximum Gasteiger partial charge on any atom is 0.418 e. The quantitative estimate of drug-likeness (QED) is 0.783. The Kier molecular flexibility index (Phi) is 4.82. The fraction of sp³-hybridized carbons (Fsp3) is 0.400. The van der Waals surface area contributed by atoms with Crippen molar-refractivity contribution in [3.63, 3.8) is 0 Å². The molecule has 0 aliphatic carbocycles.